The number of amides is 1. The summed E-state index contributed by atoms with van der Waals surface area (Å²) in [5.74, 6) is 0.0231. The number of benzene rings is 1. The van der Waals surface area contributed by atoms with Crippen LogP contribution in [0, 0.1) is 0 Å². The highest BCUT2D eigenvalue weighted by atomic mass is 16.1. The van der Waals surface area contributed by atoms with Gasteiger partial charge in [0, 0.05) is 36.5 Å². The van der Waals surface area contributed by atoms with Crippen LogP contribution in [0.4, 0.5) is 0 Å². The molecule has 7 heteroatoms. The molecule has 0 bridgehead atoms. The SMILES string of the molecule is NC(CC(=O)NC1CCC(n2cc(-c3ccncn3)cn2)CC1)c1ccccc1. The molecule has 3 N–H and O–H groups in total. The molecular formula is C22H26N6O. The summed E-state index contributed by atoms with van der Waals surface area (Å²) in [5, 5.41) is 7.68. The molecule has 7 nitrogen and oxygen atoms in total. The third kappa shape index (κ3) is 4.86. The van der Waals surface area contributed by atoms with Crippen LogP contribution in [0.5, 0.6) is 0 Å². The Morgan fingerprint density at radius 1 is 1.17 bits per heavy atom. The number of hydrogen-bond acceptors (Lipinski definition) is 5. The Morgan fingerprint density at radius 3 is 2.69 bits per heavy atom. The Balaban J connectivity index is 1.26. The van der Waals surface area contributed by atoms with Crippen molar-refractivity contribution in [3.05, 3.63) is 66.9 Å². The third-order valence-corrected chi connectivity index (χ3v) is 5.55. The maximum absolute atomic E-state index is 12.4. The fourth-order valence-corrected chi connectivity index (χ4v) is 3.92. The van der Waals surface area contributed by atoms with Gasteiger partial charge in [-0.05, 0) is 37.3 Å². The summed E-state index contributed by atoms with van der Waals surface area (Å²) >= 11 is 0. The van der Waals surface area contributed by atoms with Crippen LogP contribution in [0.3, 0.4) is 0 Å². The molecule has 1 aromatic carbocycles. The third-order valence-electron chi connectivity index (χ3n) is 5.55. The molecule has 1 aliphatic carbocycles. The van der Waals surface area contributed by atoms with Crippen molar-refractivity contribution in [2.75, 3.05) is 0 Å². The number of hydrogen-bond donors (Lipinski definition) is 2. The molecule has 0 saturated heterocycles. The molecule has 3 aromatic rings. The minimum absolute atomic E-state index is 0.0231. The van der Waals surface area contributed by atoms with E-state index in [1.807, 2.05) is 53.5 Å². The molecule has 1 atom stereocenters. The van der Waals surface area contributed by atoms with Gasteiger partial charge in [-0.2, -0.15) is 5.10 Å². The lowest BCUT2D eigenvalue weighted by atomic mass is 9.91. The first-order chi connectivity index (χ1) is 14.2. The molecular weight excluding hydrogens is 364 g/mol. The van der Waals surface area contributed by atoms with Gasteiger partial charge in [-0.15, -0.1) is 0 Å². The largest absolute Gasteiger partial charge is 0.353 e. The van der Waals surface area contributed by atoms with Crippen LogP contribution in [0.15, 0.2) is 61.3 Å². The monoisotopic (exact) mass is 390 g/mol. The Morgan fingerprint density at radius 2 is 1.97 bits per heavy atom. The standard InChI is InChI=1S/C22H26N6O/c23-20(16-4-2-1-3-5-16)12-22(29)27-18-6-8-19(9-7-18)28-14-17(13-26-28)21-10-11-24-15-25-21/h1-5,10-11,13-15,18-20H,6-9,12,23H2,(H,27,29). The van der Waals surface area contributed by atoms with Crippen molar-refractivity contribution >= 4 is 5.91 Å². The van der Waals surface area contributed by atoms with Crippen molar-refractivity contribution in [3.8, 4) is 11.3 Å². The average Bonchev–Trinajstić information content (AvgIpc) is 3.26. The summed E-state index contributed by atoms with van der Waals surface area (Å²) in [6.45, 7) is 0. The highest BCUT2D eigenvalue weighted by Gasteiger charge is 2.24. The average molecular weight is 390 g/mol. The van der Waals surface area contributed by atoms with E-state index in [2.05, 4.69) is 20.4 Å². The zero-order chi connectivity index (χ0) is 20.1. The van der Waals surface area contributed by atoms with Gasteiger partial charge in [-0.1, -0.05) is 30.3 Å². The first kappa shape index (κ1) is 19.3. The van der Waals surface area contributed by atoms with Crippen LogP contribution in [0.25, 0.3) is 11.3 Å². The van der Waals surface area contributed by atoms with Crippen LogP contribution in [-0.2, 0) is 4.79 Å². The number of carbonyl (C=O) groups excluding carboxylic acids is 1. The molecule has 0 radical (unpaired) electrons. The molecule has 2 heterocycles. The van der Waals surface area contributed by atoms with Crippen molar-refractivity contribution in [3.63, 3.8) is 0 Å². The second-order valence-corrected chi connectivity index (χ2v) is 7.60. The number of aromatic nitrogens is 4. The minimum atomic E-state index is -0.267. The number of carbonyl (C=O) groups is 1. The molecule has 0 spiro atoms. The van der Waals surface area contributed by atoms with Crippen LogP contribution in [0.1, 0.15) is 49.8 Å². The number of nitrogens with two attached hydrogens (primary N) is 1. The number of nitrogens with one attached hydrogen (secondary N) is 1. The van der Waals surface area contributed by atoms with Crippen LogP contribution < -0.4 is 11.1 Å². The lowest BCUT2D eigenvalue weighted by molar-refractivity contribution is -0.122. The number of rotatable bonds is 6. The predicted molar refractivity (Wildman–Crippen MR) is 111 cm³/mol. The summed E-state index contributed by atoms with van der Waals surface area (Å²) in [5.41, 5.74) is 9.03. The van der Waals surface area contributed by atoms with Crippen LogP contribution in [-0.4, -0.2) is 31.7 Å². The molecule has 2 aromatic heterocycles. The van der Waals surface area contributed by atoms with Crippen LogP contribution >= 0.6 is 0 Å². The highest BCUT2D eigenvalue weighted by Crippen LogP contribution is 2.29. The Kier molecular flexibility index (Phi) is 5.95. The molecule has 0 aliphatic heterocycles. The van der Waals surface area contributed by atoms with Crippen molar-refractivity contribution < 1.29 is 4.79 Å². The normalized spacial score (nSPS) is 20.2. The summed E-state index contributed by atoms with van der Waals surface area (Å²) in [6.07, 6.45) is 11.3. The molecule has 1 amide bonds. The molecule has 1 fully saturated rings. The fraction of sp³-hybridized carbons (Fsp3) is 0.364. The van der Waals surface area contributed by atoms with E-state index in [-0.39, 0.29) is 18.0 Å². The number of nitrogens with zero attached hydrogens (tertiary/aromatic N) is 4. The Bertz CT molecular complexity index is 919. The first-order valence-corrected chi connectivity index (χ1v) is 10.1. The first-order valence-electron chi connectivity index (χ1n) is 10.1. The van der Waals surface area contributed by atoms with E-state index in [1.54, 1.807) is 12.5 Å². The van der Waals surface area contributed by atoms with Gasteiger partial charge in [-0.3, -0.25) is 9.48 Å². The van der Waals surface area contributed by atoms with Gasteiger partial charge in [0.15, 0.2) is 0 Å². The Labute approximate surface area is 170 Å². The van der Waals surface area contributed by atoms with Gasteiger partial charge in [0.1, 0.15) is 6.33 Å². The van der Waals surface area contributed by atoms with Crippen molar-refractivity contribution in [2.45, 2.75) is 50.2 Å². The van der Waals surface area contributed by atoms with E-state index in [4.69, 9.17) is 5.73 Å². The summed E-state index contributed by atoms with van der Waals surface area (Å²) in [6, 6.07) is 11.9. The maximum Gasteiger partial charge on any atom is 0.222 e. The zero-order valence-corrected chi connectivity index (χ0v) is 16.3. The fourth-order valence-electron chi connectivity index (χ4n) is 3.92. The van der Waals surface area contributed by atoms with Crippen molar-refractivity contribution in [1.29, 1.82) is 0 Å². The minimum Gasteiger partial charge on any atom is -0.353 e. The van der Waals surface area contributed by atoms with E-state index in [1.165, 1.54) is 0 Å². The van der Waals surface area contributed by atoms with Crippen molar-refractivity contribution in [1.82, 2.24) is 25.1 Å². The molecule has 4 rings (SSSR count). The summed E-state index contributed by atoms with van der Waals surface area (Å²) < 4.78 is 2.03. The van der Waals surface area contributed by atoms with E-state index < -0.39 is 0 Å². The van der Waals surface area contributed by atoms with E-state index in [0.717, 1.165) is 42.5 Å². The van der Waals surface area contributed by atoms with E-state index >= 15 is 0 Å². The maximum atomic E-state index is 12.4. The van der Waals surface area contributed by atoms with Gasteiger partial charge >= 0.3 is 0 Å². The highest BCUT2D eigenvalue weighted by molar-refractivity contribution is 5.77. The smallest absolute Gasteiger partial charge is 0.222 e. The van der Waals surface area contributed by atoms with Gasteiger partial charge < -0.3 is 11.1 Å². The summed E-state index contributed by atoms with van der Waals surface area (Å²) in [7, 11) is 0. The summed E-state index contributed by atoms with van der Waals surface area (Å²) in [4.78, 5) is 20.6. The molecule has 1 unspecified atom stereocenters. The van der Waals surface area contributed by atoms with Gasteiger partial charge in [0.2, 0.25) is 5.91 Å². The topological polar surface area (TPSA) is 98.7 Å². The lowest BCUT2D eigenvalue weighted by Gasteiger charge is -2.29. The zero-order valence-electron chi connectivity index (χ0n) is 16.3. The lowest BCUT2D eigenvalue weighted by Crippen LogP contribution is -2.39. The quantitative estimate of drug-likeness (QED) is 0.674. The second-order valence-electron chi connectivity index (χ2n) is 7.60. The molecule has 1 aliphatic rings. The Hall–Kier alpha value is -3.06. The van der Waals surface area contributed by atoms with E-state index in [0.29, 0.717) is 12.5 Å². The second kappa shape index (κ2) is 8.96. The van der Waals surface area contributed by atoms with Crippen LogP contribution in [0.2, 0.25) is 0 Å². The van der Waals surface area contributed by atoms with Gasteiger partial charge in [0.25, 0.3) is 0 Å². The van der Waals surface area contributed by atoms with Crippen molar-refractivity contribution in [2.24, 2.45) is 5.73 Å². The molecule has 29 heavy (non-hydrogen) atoms. The van der Waals surface area contributed by atoms with Gasteiger partial charge in [0.05, 0.1) is 17.9 Å². The molecule has 150 valence electrons. The van der Waals surface area contributed by atoms with Gasteiger partial charge in [-0.25, -0.2) is 9.97 Å². The molecule has 1 saturated carbocycles. The predicted octanol–water partition coefficient (Wildman–Crippen LogP) is 3.03. The van der Waals surface area contributed by atoms with E-state index in [9.17, 15) is 4.79 Å².